The van der Waals surface area contributed by atoms with Crippen molar-refractivity contribution in [2.45, 2.75) is 18.1 Å². The van der Waals surface area contributed by atoms with E-state index in [1.807, 2.05) is 36.6 Å². The van der Waals surface area contributed by atoms with Crippen molar-refractivity contribution in [3.05, 3.63) is 82.7 Å². The Balaban J connectivity index is 1.46. The number of amides is 1. The normalized spacial score (nSPS) is 11.0. The van der Waals surface area contributed by atoms with E-state index in [2.05, 4.69) is 20.4 Å². The van der Waals surface area contributed by atoms with E-state index in [0.717, 1.165) is 5.56 Å². The third-order valence-electron chi connectivity index (χ3n) is 4.64. The van der Waals surface area contributed by atoms with E-state index < -0.39 is 0 Å². The first-order chi connectivity index (χ1) is 14.7. The molecular weight excluding hydrogens is 400 g/mol. The second kappa shape index (κ2) is 8.91. The van der Waals surface area contributed by atoms with Crippen molar-refractivity contribution < 1.29 is 4.79 Å². The Morgan fingerprint density at radius 2 is 1.97 bits per heavy atom. The van der Waals surface area contributed by atoms with Crippen LogP contribution < -0.4 is 10.9 Å². The summed E-state index contributed by atoms with van der Waals surface area (Å²) >= 11 is 1.42. The lowest BCUT2D eigenvalue weighted by molar-refractivity contribution is 0.0948. The summed E-state index contributed by atoms with van der Waals surface area (Å²) in [5.41, 5.74) is 1.93. The van der Waals surface area contributed by atoms with E-state index in [9.17, 15) is 9.59 Å². The number of rotatable bonds is 7. The summed E-state index contributed by atoms with van der Waals surface area (Å²) in [5.74, 6) is -0.193. The van der Waals surface area contributed by atoms with Crippen molar-refractivity contribution in [2.24, 2.45) is 0 Å². The number of thioether (sulfide) groups is 1. The van der Waals surface area contributed by atoms with Gasteiger partial charge in [-0.25, -0.2) is 14.6 Å². The van der Waals surface area contributed by atoms with E-state index in [1.165, 1.54) is 24.3 Å². The van der Waals surface area contributed by atoms with Crippen LogP contribution in [-0.2, 0) is 13.1 Å². The van der Waals surface area contributed by atoms with Crippen LogP contribution in [0.5, 0.6) is 0 Å². The van der Waals surface area contributed by atoms with Crippen molar-refractivity contribution in [3.63, 3.8) is 0 Å². The Labute approximate surface area is 177 Å². The zero-order chi connectivity index (χ0) is 20.9. The molecule has 0 saturated carbocycles. The lowest BCUT2D eigenvalue weighted by Crippen LogP contribution is -2.28. The topological polar surface area (TPSA) is 94.7 Å². The van der Waals surface area contributed by atoms with E-state index >= 15 is 0 Å². The van der Waals surface area contributed by atoms with Crippen molar-refractivity contribution in [1.82, 2.24) is 29.6 Å². The van der Waals surface area contributed by atoms with Gasteiger partial charge in [-0.3, -0.25) is 14.2 Å². The van der Waals surface area contributed by atoms with Crippen molar-refractivity contribution >= 4 is 28.7 Å². The summed E-state index contributed by atoms with van der Waals surface area (Å²) < 4.78 is 3.19. The Morgan fingerprint density at radius 1 is 1.13 bits per heavy atom. The molecule has 0 fully saturated rings. The average molecular weight is 420 g/mol. The monoisotopic (exact) mass is 420 g/mol. The largest absolute Gasteiger partial charge is 0.350 e. The summed E-state index contributed by atoms with van der Waals surface area (Å²) in [6, 6.07) is 13.2. The molecule has 0 unspecified atom stereocenters. The minimum absolute atomic E-state index is 0.140. The number of aromatic nitrogens is 5. The molecule has 152 valence electrons. The van der Waals surface area contributed by atoms with E-state index in [0.29, 0.717) is 41.3 Å². The highest BCUT2D eigenvalue weighted by Crippen LogP contribution is 2.16. The molecule has 0 aliphatic heterocycles. The number of hydrogen-bond donors (Lipinski definition) is 1. The van der Waals surface area contributed by atoms with E-state index in [4.69, 9.17) is 0 Å². The van der Waals surface area contributed by atoms with Gasteiger partial charge in [0.15, 0.2) is 5.65 Å². The van der Waals surface area contributed by atoms with Crippen LogP contribution in [0.3, 0.4) is 0 Å². The Kier molecular flexibility index (Phi) is 5.89. The van der Waals surface area contributed by atoms with Crippen LogP contribution >= 0.6 is 11.8 Å². The summed E-state index contributed by atoms with van der Waals surface area (Å²) in [6.07, 6.45) is 6.61. The van der Waals surface area contributed by atoms with E-state index in [1.54, 1.807) is 27.6 Å². The van der Waals surface area contributed by atoms with Gasteiger partial charge in [0.2, 0.25) is 0 Å². The molecule has 0 radical (unpaired) electrons. The fourth-order valence-corrected chi connectivity index (χ4v) is 3.70. The lowest BCUT2D eigenvalue weighted by Gasteiger charge is -2.09. The third-order valence-corrected chi connectivity index (χ3v) is 5.35. The smallest absolute Gasteiger partial charge is 0.264 e. The molecule has 9 heteroatoms. The molecule has 8 nitrogen and oxygen atoms in total. The second-order valence-corrected chi connectivity index (χ2v) is 7.38. The SMILES string of the molecule is CSc1ncccc1C(=O)NCCn1ncc2c(=O)n(Cc3ccccc3)cnc21. The number of carbonyl (C=O) groups excluding carboxylic acids is 1. The first kappa shape index (κ1) is 19.8. The highest BCUT2D eigenvalue weighted by Gasteiger charge is 2.13. The number of benzene rings is 1. The average Bonchev–Trinajstić information content (AvgIpc) is 3.20. The molecule has 0 aliphatic rings. The van der Waals surface area contributed by atoms with Gasteiger partial charge < -0.3 is 5.32 Å². The molecule has 1 N–H and O–H groups in total. The molecule has 4 rings (SSSR count). The van der Waals surface area contributed by atoms with Gasteiger partial charge in [-0.1, -0.05) is 30.3 Å². The van der Waals surface area contributed by atoms with Crippen molar-refractivity contribution in [3.8, 4) is 0 Å². The number of pyridine rings is 1. The minimum atomic E-state index is -0.193. The zero-order valence-electron chi connectivity index (χ0n) is 16.4. The number of fused-ring (bicyclic) bond motifs is 1. The number of nitrogens with zero attached hydrogens (tertiary/aromatic N) is 5. The lowest BCUT2D eigenvalue weighted by atomic mass is 10.2. The molecular formula is C21H20N6O2S. The predicted molar refractivity (Wildman–Crippen MR) is 116 cm³/mol. The Hall–Kier alpha value is -3.46. The zero-order valence-corrected chi connectivity index (χ0v) is 17.2. The van der Waals surface area contributed by atoms with Crippen LogP contribution in [0.1, 0.15) is 15.9 Å². The van der Waals surface area contributed by atoms with Gasteiger partial charge in [0, 0.05) is 12.7 Å². The molecule has 4 aromatic rings. The minimum Gasteiger partial charge on any atom is -0.350 e. The number of nitrogens with one attached hydrogen (secondary N) is 1. The van der Waals surface area contributed by atoms with Gasteiger partial charge in [-0.2, -0.15) is 5.10 Å². The molecule has 0 atom stereocenters. The fraction of sp³-hybridized carbons (Fsp3) is 0.190. The van der Waals surface area contributed by atoms with Gasteiger partial charge >= 0.3 is 0 Å². The van der Waals surface area contributed by atoms with Crippen molar-refractivity contribution in [2.75, 3.05) is 12.8 Å². The summed E-state index contributed by atoms with van der Waals surface area (Å²) in [7, 11) is 0. The molecule has 0 aliphatic carbocycles. The maximum absolute atomic E-state index is 12.8. The molecule has 1 amide bonds. The highest BCUT2D eigenvalue weighted by molar-refractivity contribution is 7.98. The first-order valence-electron chi connectivity index (χ1n) is 9.39. The molecule has 1 aromatic carbocycles. The fourth-order valence-electron chi connectivity index (χ4n) is 3.15. The molecule has 3 aromatic heterocycles. The van der Waals surface area contributed by atoms with Crippen molar-refractivity contribution in [1.29, 1.82) is 0 Å². The molecule has 30 heavy (non-hydrogen) atoms. The van der Waals surface area contributed by atoms with Crippen LogP contribution in [0, 0.1) is 0 Å². The van der Waals surface area contributed by atoms with E-state index in [-0.39, 0.29) is 11.5 Å². The number of hydrogen-bond acceptors (Lipinski definition) is 6. The maximum atomic E-state index is 12.8. The Bertz CT molecular complexity index is 1240. The quantitative estimate of drug-likeness (QED) is 0.461. The van der Waals surface area contributed by atoms with Crippen LogP contribution in [0.4, 0.5) is 0 Å². The summed E-state index contributed by atoms with van der Waals surface area (Å²) in [5, 5.41) is 8.29. The molecule has 0 saturated heterocycles. The van der Waals surface area contributed by atoms with Gasteiger partial charge in [0.25, 0.3) is 11.5 Å². The summed E-state index contributed by atoms with van der Waals surface area (Å²) in [6.45, 7) is 1.21. The van der Waals surface area contributed by atoms with Gasteiger partial charge in [-0.15, -0.1) is 11.8 Å². The van der Waals surface area contributed by atoms with Crippen LogP contribution in [0.25, 0.3) is 11.0 Å². The Morgan fingerprint density at radius 3 is 2.77 bits per heavy atom. The molecule has 3 heterocycles. The van der Waals surface area contributed by atoms with Crippen LogP contribution in [0.2, 0.25) is 0 Å². The first-order valence-corrected chi connectivity index (χ1v) is 10.6. The second-order valence-electron chi connectivity index (χ2n) is 6.58. The van der Waals surface area contributed by atoms with Gasteiger partial charge in [0.05, 0.1) is 24.8 Å². The van der Waals surface area contributed by atoms with Crippen LogP contribution in [0.15, 0.2) is 71.0 Å². The highest BCUT2D eigenvalue weighted by atomic mass is 32.2. The summed E-state index contributed by atoms with van der Waals surface area (Å²) in [4.78, 5) is 33.8. The predicted octanol–water partition coefficient (Wildman–Crippen LogP) is 2.19. The van der Waals surface area contributed by atoms with Crippen LogP contribution in [-0.4, -0.2) is 43.0 Å². The number of carbonyl (C=O) groups is 1. The molecule has 0 bridgehead atoms. The maximum Gasteiger partial charge on any atom is 0.264 e. The third kappa shape index (κ3) is 4.11. The van der Waals surface area contributed by atoms with Gasteiger partial charge in [0.1, 0.15) is 16.7 Å². The standard InChI is InChI=1S/C21H20N6O2S/c1-30-20-16(8-5-9-23-20)19(28)22-10-11-27-18-17(12-25-27)21(29)26(14-24-18)13-15-6-3-2-4-7-15/h2-9,12,14H,10-11,13H2,1H3,(H,22,28). The molecule has 0 spiro atoms. The van der Waals surface area contributed by atoms with Gasteiger partial charge in [-0.05, 0) is 24.0 Å².